The summed E-state index contributed by atoms with van der Waals surface area (Å²) in [5.74, 6) is -0.121. The fraction of sp³-hybridized carbons (Fsp3) is 0.462. The summed E-state index contributed by atoms with van der Waals surface area (Å²) in [7, 11) is -2.22. The third-order valence-electron chi connectivity index (χ3n) is 5.83. The van der Waals surface area contributed by atoms with Crippen molar-refractivity contribution in [3.8, 4) is 5.75 Å². The number of nitrogens with one attached hydrogen (secondary N) is 1. The summed E-state index contributed by atoms with van der Waals surface area (Å²) >= 11 is 0. The van der Waals surface area contributed by atoms with E-state index in [0.717, 1.165) is 27.3 Å². The highest BCUT2D eigenvalue weighted by molar-refractivity contribution is 7.92. The predicted octanol–water partition coefficient (Wildman–Crippen LogP) is 3.41. The predicted molar refractivity (Wildman–Crippen MR) is 139 cm³/mol. The van der Waals surface area contributed by atoms with Crippen molar-refractivity contribution in [3.63, 3.8) is 0 Å². The number of aryl methyl sites for hydroxylation is 1. The molecule has 0 aliphatic heterocycles. The van der Waals surface area contributed by atoms with Gasteiger partial charge in [0, 0.05) is 12.6 Å². The van der Waals surface area contributed by atoms with Gasteiger partial charge in [0.05, 0.1) is 19.1 Å². The lowest BCUT2D eigenvalue weighted by Gasteiger charge is -2.33. The number of methoxy groups -OCH3 is 1. The molecule has 0 saturated carbocycles. The van der Waals surface area contributed by atoms with E-state index in [1.165, 1.54) is 4.90 Å². The van der Waals surface area contributed by atoms with Crippen LogP contribution in [0.15, 0.2) is 42.5 Å². The lowest BCUT2D eigenvalue weighted by atomic mass is 10.1. The molecule has 2 aromatic carbocycles. The number of ether oxygens (including phenoxy) is 1. The topological polar surface area (TPSA) is 96.0 Å². The maximum atomic E-state index is 13.7. The summed E-state index contributed by atoms with van der Waals surface area (Å²) in [6.45, 7) is 8.96. The van der Waals surface area contributed by atoms with Gasteiger partial charge in [-0.1, -0.05) is 31.2 Å². The molecule has 8 nitrogen and oxygen atoms in total. The van der Waals surface area contributed by atoms with Gasteiger partial charge in [0.2, 0.25) is 21.8 Å². The molecule has 1 N–H and O–H groups in total. The Morgan fingerprint density at radius 1 is 1.09 bits per heavy atom. The number of hydrogen-bond donors (Lipinski definition) is 1. The van der Waals surface area contributed by atoms with Gasteiger partial charge in [-0.25, -0.2) is 8.42 Å². The molecule has 35 heavy (non-hydrogen) atoms. The van der Waals surface area contributed by atoms with Crippen molar-refractivity contribution < 1.29 is 22.7 Å². The van der Waals surface area contributed by atoms with Crippen LogP contribution in [-0.4, -0.2) is 57.1 Å². The minimum atomic E-state index is -3.78. The fourth-order valence-corrected chi connectivity index (χ4v) is 4.77. The molecule has 0 spiro atoms. The zero-order valence-corrected chi connectivity index (χ0v) is 22.5. The van der Waals surface area contributed by atoms with Crippen molar-refractivity contribution in [1.82, 2.24) is 10.2 Å². The Kier molecular flexibility index (Phi) is 9.71. The van der Waals surface area contributed by atoms with Crippen LogP contribution in [0.5, 0.6) is 5.75 Å². The van der Waals surface area contributed by atoms with Gasteiger partial charge in [-0.2, -0.15) is 0 Å². The van der Waals surface area contributed by atoms with E-state index in [1.807, 2.05) is 52.8 Å². The van der Waals surface area contributed by atoms with Crippen molar-refractivity contribution in [1.29, 1.82) is 0 Å². The second kappa shape index (κ2) is 12.1. The van der Waals surface area contributed by atoms with Gasteiger partial charge < -0.3 is 15.0 Å². The molecule has 2 aromatic rings. The number of carbonyl (C=O) groups is 2. The lowest BCUT2D eigenvalue weighted by Crippen LogP contribution is -2.53. The van der Waals surface area contributed by atoms with Crippen LogP contribution in [-0.2, 0) is 26.2 Å². The highest BCUT2D eigenvalue weighted by Crippen LogP contribution is 2.26. The van der Waals surface area contributed by atoms with Gasteiger partial charge in [-0.15, -0.1) is 0 Å². The van der Waals surface area contributed by atoms with Crippen molar-refractivity contribution in [3.05, 3.63) is 59.2 Å². The van der Waals surface area contributed by atoms with E-state index in [2.05, 4.69) is 5.32 Å². The molecule has 0 aliphatic rings. The first-order valence-corrected chi connectivity index (χ1v) is 13.5. The van der Waals surface area contributed by atoms with E-state index in [-0.39, 0.29) is 18.5 Å². The van der Waals surface area contributed by atoms with E-state index in [9.17, 15) is 18.0 Å². The quantitative estimate of drug-likeness (QED) is 0.507. The molecule has 0 radical (unpaired) electrons. The molecule has 9 heteroatoms. The second-order valence-electron chi connectivity index (χ2n) is 8.95. The molecule has 0 heterocycles. The molecule has 1 atom stereocenters. The number of carbonyl (C=O) groups excluding carboxylic acids is 2. The molecule has 0 bridgehead atoms. The second-order valence-corrected chi connectivity index (χ2v) is 10.9. The Bertz CT molecular complexity index is 1150. The molecular formula is C26H37N3O5S. The van der Waals surface area contributed by atoms with Crippen molar-refractivity contribution >= 4 is 27.5 Å². The number of hydrogen-bond acceptors (Lipinski definition) is 5. The summed E-state index contributed by atoms with van der Waals surface area (Å²) in [6.07, 6.45) is 1.45. The third kappa shape index (κ3) is 7.45. The standard InChI is InChI=1S/C26H37N3O5S/c1-8-23(26(31)27-18(2)3)28(16-21-12-10-13-22(15-21)34-6)25(30)17-29(35(7,32)33)24-14-9-11-19(4)20(24)5/h9-15,18,23H,8,16-17H2,1-7H3,(H,27,31). The van der Waals surface area contributed by atoms with E-state index < -0.39 is 28.5 Å². The first-order chi connectivity index (χ1) is 16.4. The van der Waals surface area contributed by atoms with Gasteiger partial charge in [0.1, 0.15) is 18.3 Å². The number of rotatable bonds is 11. The van der Waals surface area contributed by atoms with Crippen LogP contribution >= 0.6 is 0 Å². The number of nitrogens with zero attached hydrogens (tertiary/aromatic N) is 2. The lowest BCUT2D eigenvalue weighted by molar-refractivity contribution is -0.140. The normalized spacial score (nSPS) is 12.2. The smallest absolute Gasteiger partial charge is 0.244 e. The van der Waals surface area contributed by atoms with Crippen molar-refractivity contribution in [2.24, 2.45) is 0 Å². The average molecular weight is 504 g/mol. The van der Waals surface area contributed by atoms with E-state index in [4.69, 9.17) is 4.74 Å². The van der Waals surface area contributed by atoms with Crippen LogP contribution in [0.1, 0.15) is 43.9 Å². The molecule has 192 valence electrons. The molecule has 2 amide bonds. The van der Waals surface area contributed by atoms with E-state index in [1.54, 1.807) is 31.4 Å². The van der Waals surface area contributed by atoms with E-state index in [0.29, 0.717) is 17.9 Å². The first-order valence-electron chi connectivity index (χ1n) is 11.7. The molecule has 0 fully saturated rings. The maximum absolute atomic E-state index is 13.7. The van der Waals surface area contributed by atoms with Crippen LogP contribution in [0.3, 0.4) is 0 Å². The Morgan fingerprint density at radius 2 is 1.74 bits per heavy atom. The summed E-state index contributed by atoms with van der Waals surface area (Å²) < 4.78 is 32.0. The van der Waals surface area contributed by atoms with Gasteiger partial charge in [-0.05, 0) is 69.0 Å². The first kappa shape index (κ1) is 28.2. The van der Waals surface area contributed by atoms with Crippen LogP contribution < -0.4 is 14.4 Å². The minimum Gasteiger partial charge on any atom is -0.497 e. The van der Waals surface area contributed by atoms with Crippen LogP contribution in [0.25, 0.3) is 0 Å². The van der Waals surface area contributed by atoms with Crippen molar-refractivity contribution in [2.75, 3.05) is 24.2 Å². The highest BCUT2D eigenvalue weighted by Gasteiger charge is 2.32. The Hall–Kier alpha value is -3.07. The zero-order chi connectivity index (χ0) is 26.3. The number of amides is 2. The highest BCUT2D eigenvalue weighted by atomic mass is 32.2. The van der Waals surface area contributed by atoms with Crippen LogP contribution in [0.2, 0.25) is 0 Å². The molecule has 1 unspecified atom stereocenters. The largest absolute Gasteiger partial charge is 0.497 e. The summed E-state index contributed by atoms with van der Waals surface area (Å²) in [5.41, 5.74) is 2.90. The molecule has 0 saturated heterocycles. The van der Waals surface area contributed by atoms with Gasteiger partial charge in [0.25, 0.3) is 0 Å². The minimum absolute atomic E-state index is 0.104. The number of benzene rings is 2. The van der Waals surface area contributed by atoms with Crippen LogP contribution in [0.4, 0.5) is 5.69 Å². The molecule has 0 aliphatic carbocycles. The van der Waals surface area contributed by atoms with Crippen molar-refractivity contribution in [2.45, 2.75) is 59.7 Å². The Balaban J connectivity index is 2.50. The zero-order valence-electron chi connectivity index (χ0n) is 21.7. The maximum Gasteiger partial charge on any atom is 0.244 e. The Labute approximate surface area is 209 Å². The summed E-state index contributed by atoms with van der Waals surface area (Å²) in [6, 6.07) is 11.7. The van der Waals surface area contributed by atoms with Gasteiger partial charge in [0.15, 0.2) is 0 Å². The third-order valence-corrected chi connectivity index (χ3v) is 6.95. The number of anilines is 1. The Morgan fingerprint density at radius 3 is 2.31 bits per heavy atom. The molecular weight excluding hydrogens is 466 g/mol. The van der Waals surface area contributed by atoms with Gasteiger partial charge in [-0.3, -0.25) is 13.9 Å². The summed E-state index contributed by atoms with van der Waals surface area (Å²) in [5, 5.41) is 2.88. The van der Waals surface area contributed by atoms with Gasteiger partial charge >= 0.3 is 0 Å². The number of sulfonamides is 1. The molecule has 2 rings (SSSR count). The average Bonchev–Trinajstić information content (AvgIpc) is 2.78. The molecule has 0 aromatic heterocycles. The monoisotopic (exact) mass is 503 g/mol. The fourth-order valence-electron chi connectivity index (χ4n) is 3.87. The van der Waals surface area contributed by atoms with Crippen LogP contribution in [0, 0.1) is 13.8 Å². The SMILES string of the molecule is CCC(C(=O)NC(C)C)N(Cc1cccc(OC)c1)C(=O)CN(c1cccc(C)c1C)S(C)(=O)=O. The van der Waals surface area contributed by atoms with E-state index >= 15 is 0 Å². The summed E-state index contributed by atoms with van der Waals surface area (Å²) in [4.78, 5) is 28.2.